The largest absolute Gasteiger partial charge is 0.490 e. The number of halogens is 3. The molecule has 0 aromatic heterocycles. The van der Waals surface area contributed by atoms with Crippen molar-refractivity contribution in [3.05, 3.63) is 70.3 Å². The van der Waals surface area contributed by atoms with Gasteiger partial charge in [0, 0.05) is 63.9 Å². The van der Waals surface area contributed by atoms with Crippen molar-refractivity contribution in [2.75, 3.05) is 84.6 Å². The molecule has 6 aliphatic rings. The van der Waals surface area contributed by atoms with Crippen LogP contribution in [0, 0.1) is 11.8 Å². The van der Waals surface area contributed by atoms with E-state index in [0.29, 0.717) is 55.7 Å². The molecular formula is C42H54ClF2N5O8S. The van der Waals surface area contributed by atoms with Gasteiger partial charge in [-0.2, -0.15) is 12.7 Å². The van der Waals surface area contributed by atoms with Crippen molar-refractivity contribution in [1.82, 2.24) is 18.8 Å². The summed E-state index contributed by atoms with van der Waals surface area (Å²) >= 11 is 6.48. The van der Waals surface area contributed by atoms with Gasteiger partial charge in [0.25, 0.3) is 11.8 Å². The second-order valence-electron chi connectivity index (χ2n) is 17.4. The Morgan fingerprint density at radius 3 is 2.63 bits per heavy atom. The van der Waals surface area contributed by atoms with Crippen LogP contribution < -0.4 is 14.4 Å². The van der Waals surface area contributed by atoms with Crippen LogP contribution in [0.2, 0.25) is 5.02 Å². The fraction of sp³-hybridized carbons (Fsp3) is 0.619. The van der Waals surface area contributed by atoms with E-state index in [4.69, 9.17) is 25.8 Å². The molecule has 4 aliphatic heterocycles. The van der Waals surface area contributed by atoms with Crippen LogP contribution in [-0.2, 0) is 46.7 Å². The minimum Gasteiger partial charge on any atom is -0.490 e. The zero-order chi connectivity index (χ0) is 41.7. The molecule has 2 aromatic rings. The second-order valence-corrected chi connectivity index (χ2v) is 19.5. The number of nitrogens with one attached hydrogen (secondary N) is 1. The lowest BCUT2D eigenvalue weighted by atomic mass is 9.68. The molecule has 2 bridgehead atoms. The molecule has 2 amide bonds. The number of alkyl halides is 2. The summed E-state index contributed by atoms with van der Waals surface area (Å²) in [4.78, 5) is 33.4. The van der Waals surface area contributed by atoms with Crippen molar-refractivity contribution >= 4 is 39.3 Å². The number of methoxy groups -OCH3 is 1. The zero-order valence-electron chi connectivity index (χ0n) is 33.6. The molecule has 2 N–H and O–H groups in total. The molecule has 4 heterocycles. The van der Waals surface area contributed by atoms with Crippen molar-refractivity contribution in [2.45, 2.75) is 74.1 Å². The molecule has 2 aliphatic carbocycles. The maximum atomic E-state index is 14.2. The van der Waals surface area contributed by atoms with Crippen molar-refractivity contribution in [3.63, 3.8) is 0 Å². The Bertz CT molecular complexity index is 2060. The van der Waals surface area contributed by atoms with Gasteiger partial charge in [-0.3, -0.25) is 14.5 Å². The van der Waals surface area contributed by atoms with E-state index in [1.54, 1.807) is 24.1 Å². The van der Waals surface area contributed by atoms with Gasteiger partial charge >= 0.3 is 10.2 Å². The number of carbonyl (C=O) groups is 2. The van der Waals surface area contributed by atoms with Crippen LogP contribution in [0.4, 0.5) is 14.5 Å². The number of carbonyl (C=O) groups excluding carboxylic acids is 2. The Hall–Kier alpha value is -3.38. The number of hydrogen-bond acceptors (Lipinski definition) is 10. The highest BCUT2D eigenvalue weighted by molar-refractivity contribution is 7.87. The Balaban J connectivity index is 1.15. The maximum absolute atomic E-state index is 14.2. The number of rotatable bonds is 8. The van der Waals surface area contributed by atoms with E-state index < -0.39 is 45.4 Å². The number of anilines is 1. The summed E-state index contributed by atoms with van der Waals surface area (Å²) in [5.74, 6) is -3.64. The summed E-state index contributed by atoms with van der Waals surface area (Å²) in [6.07, 6.45) is 7.59. The van der Waals surface area contributed by atoms with E-state index in [1.165, 1.54) is 23.6 Å². The van der Waals surface area contributed by atoms with Gasteiger partial charge in [-0.1, -0.05) is 35.9 Å². The van der Waals surface area contributed by atoms with E-state index in [0.717, 1.165) is 42.0 Å². The molecule has 322 valence electrons. The number of aliphatic hydroxyl groups is 1. The Morgan fingerprint density at radius 2 is 1.90 bits per heavy atom. The lowest BCUT2D eigenvalue weighted by molar-refractivity contribution is -0.148. The smallest absolute Gasteiger partial charge is 0.304 e. The summed E-state index contributed by atoms with van der Waals surface area (Å²) < 4.78 is 75.4. The minimum atomic E-state index is -4.37. The van der Waals surface area contributed by atoms with E-state index in [-0.39, 0.29) is 62.3 Å². The third-order valence-electron chi connectivity index (χ3n) is 13.4. The number of benzene rings is 2. The van der Waals surface area contributed by atoms with Crippen LogP contribution in [0.15, 0.2) is 48.6 Å². The molecule has 2 saturated heterocycles. The summed E-state index contributed by atoms with van der Waals surface area (Å²) in [6, 6.07) is 10.9. The van der Waals surface area contributed by atoms with Gasteiger partial charge in [-0.15, -0.1) is 0 Å². The first-order chi connectivity index (χ1) is 28.1. The highest BCUT2D eigenvalue weighted by Gasteiger charge is 2.49. The van der Waals surface area contributed by atoms with E-state index in [9.17, 15) is 31.9 Å². The summed E-state index contributed by atoms with van der Waals surface area (Å²) in [5.41, 5.74) is 0.00103. The highest BCUT2D eigenvalue weighted by atomic mass is 35.5. The fourth-order valence-corrected chi connectivity index (χ4v) is 11.1. The first-order valence-corrected chi connectivity index (χ1v) is 22.4. The molecule has 1 spiro atoms. The standard InChI is InChI=1S/C42H54ClF2N5O8S/c1-47-15-4-3-7-36(57-17-16-48-25-41(44,45)26-48)33-11-8-29(33)21-49-24-40(14-5-6-28-18-31(43)10-12-34(28)40)27-58-37-13-9-30(19-35(37)49)42(53,20-38(47)51)39(52)46-59(54,55)50-22-32(23-50)56-2/h3,7,9-10,12-13,18-19,29,32-33,36,53H,4-6,8,11,14-17,20-27H2,1-2H3,(H,46,52)/b7-3+/t29-,33+,36-,40-,42+/m0/s1. The summed E-state index contributed by atoms with van der Waals surface area (Å²) in [6.45, 7) is 2.01. The summed E-state index contributed by atoms with van der Waals surface area (Å²) in [7, 11) is -1.33. The molecule has 3 fully saturated rings. The average molecular weight is 862 g/mol. The minimum absolute atomic E-state index is 0.0420. The number of ether oxygens (including phenoxy) is 3. The van der Waals surface area contributed by atoms with Crippen molar-refractivity contribution < 1.29 is 46.1 Å². The van der Waals surface area contributed by atoms with Gasteiger partial charge in [0.2, 0.25) is 5.91 Å². The molecule has 1 saturated carbocycles. The van der Waals surface area contributed by atoms with Crippen molar-refractivity contribution in [2.24, 2.45) is 11.8 Å². The normalized spacial score (nSPS) is 30.8. The Morgan fingerprint density at radius 1 is 1.10 bits per heavy atom. The SMILES string of the molecule is COC1CN(S(=O)(=O)NC(=O)[C@@]2(O)CC(=O)N(C)CC/C=C/[C@H](OCCN3CC(F)(F)C3)[C@@H]3CC[C@H]3CN3C[C@@]4(CCCc5cc(Cl)ccc54)COc4ccc2cc43)C1. The Kier molecular flexibility index (Phi) is 11.8. The topological polar surface area (TPSA) is 141 Å². The second kappa shape index (κ2) is 16.5. The average Bonchev–Trinajstić information content (AvgIpc) is 3.29. The number of hydrogen-bond donors (Lipinski definition) is 2. The van der Waals surface area contributed by atoms with Crippen molar-refractivity contribution in [3.8, 4) is 5.75 Å². The van der Waals surface area contributed by atoms with E-state index in [1.807, 2.05) is 24.3 Å². The van der Waals surface area contributed by atoms with Crippen LogP contribution in [0.3, 0.4) is 0 Å². The molecule has 17 heteroatoms. The van der Waals surface area contributed by atoms with Gasteiger partial charge in [0.15, 0.2) is 5.60 Å². The van der Waals surface area contributed by atoms with Crippen LogP contribution in [0.25, 0.3) is 0 Å². The monoisotopic (exact) mass is 861 g/mol. The number of fused-ring (bicyclic) bond motifs is 4. The quantitative estimate of drug-likeness (QED) is 0.377. The first-order valence-electron chi connectivity index (χ1n) is 20.6. The fourth-order valence-electron chi connectivity index (χ4n) is 9.62. The van der Waals surface area contributed by atoms with E-state index in [2.05, 4.69) is 15.7 Å². The number of amides is 2. The predicted molar refractivity (Wildman–Crippen MR) is 217 cm³/mol. The van der Waals surface area contributed by atoms with Crippen LogP contribution in [0.1, 0.15) is 55.2 Å². The zero-order valence-corrected chi connectivity index (χ0v) is 35.2. The third-order valence-corrected chi connectivity index (χ3v) is 15.0. The molecule has 0 radical (unpaired) electrons. The molecule has 0 unspecified atom stereocenters. The van der Waals surface area contributed by atoms with Gasteiger partial charge < -0.3 is 29.1 Å². The maximum Gasteiger partial charge on any atom is 0.304 e. The van der Waals surface area contributed by atoms with Gasteiger partial charge in [0.1, 0.15) is 5.75 Å². The van der Waals surface area contributed by atoms with Crippen LogP contribution in [0.5, 0.6) is 5.75 Å². The molecule has 13 nitrogen and oxygen atoms in total. The molecule has 5 atom stereocenters. The van der Waals surface area contributed by atoms with E-state index >= 15 is 0 Å². The number of nitrogens with zero attached hydrogens (tertiary/aromatic N) is 4. The molecular weight excluding hydrogens is 808 g/mol. The number of aryl methyl sites for hydroxylation is 1. The highest BCUT2D eigenvalue weighted by Crippen LogP contribution is 2.48. The third kappa shape index (κ3) is 8.60. The van der Waals surface area contributed by atoms with Gasteiger partial charge in [-0.25, -0.2) is 13.5 Å². The van der Waals surface area contributed by atoms with Gasteiger partial charge in [0.05, 0.1) is 50.6 Å². The van der Waals surface area contributed by atoms with Crippen LogP contribution >= 0.6 is 11.6 Å². The molecule has 8 rings (SSSR count). The Labute approximate surface area is 349 Å². The van der Waals surface area contributed by atoms with Crippen LogP contribution in [-0.4, -0.2) is 137 Å². The lowest BCUT2D eigenvalue weighted by Crippen LogP contribution is -2.60. The predicted octanol–water partition coefficient (Wildman–Crippen LogP) is 3.86. The summed E-state index contributed by atoms with van der Waals surface area (Å²) in [5, 5.41) is 13.1. The number of likely N-dealkylation sites (tertiary alicyclic amines) is 1. The molecule has 59 heavy (non-hydrogen) atoms. The first kappa shape index (κ1) is 42.3. The molecule has 2 aromatic carbocycles. The van der Waals surface area contributed by atoms with Gasteiger partial charge in [-0.05, 0) is 91.3 Å². The lowest BCUT2D eigenvalue weighted by Gasteiger charge is -2.46. The van der Waals surface area contributed by atoms with Crippen molar-refractivity contribution in [1.29, 1.82) is 0 Å².